The maximum absolute atomic E-state index is 13.7. The first-order valence-electron chi connectivity index (χ1n) is 6.47. The summed E-state index contributed by atoms with van der Waals surface area (Å²) < 4.78 is 26.6. The smallest absolute Gasteiger partial charge is 0.252 e. The van der Waals surface area contributed by atoms with Crippen LogP contribution < -0.4 is 11.1 Å². The van der Waals surface area contributed by atoms with Crippen molar-refractivity contribution in [2.45, 2.75) is 6.04 Å². The van der Waals surface area contributed by atoms with E-state index >= 15 is 0 Å². The molecule has 0 unspecified atom stereocenters. The maximum Gasteiger partial charge on any atom is 0.252 e. The van der Waals surface area contributed by atoms with Gasteiger partial charge in [-0.05, 0) is 24.3 Å². The molecule has 2 amide bonds. The van der Waals surface area contributed by atoms with E-state index in [1.165, 1.54) is 24.3 Å². The second-order valence-electron chi connectivity index (χ2n) is 4.65. The van der Waals surface area contributed by atoms with Crippen LogP contribution in [-0.4, -0.2) is 11.8 Å². The second-order valence-corrected chi connectivity index (χ2v) is 4.65. The first-order valence-corrected chi connectivity index (χ1v) is 6.47. The molecule has 0 bridgehead atoms. The summed E-state index contributed by atoms with van der Waals surface area (Å²) in [6.07, 6.45) is 0. The Morgan fingerprint density at radius 2 is 1.83 bits per heavy atom. The molecular formula is C16H11F2N3O2. The minimum Gasteiger partial charge on any atom is -0.366 e. The number of nitrogens with two attached hydrogens (primary N) is 1. The van der Waals surface area contributed by atoms with Gasteiger partial charge in [0.05, 0.1) is 6.07 Å². The van der Waals surface area contributed by atoms with E-state index in [0.717, 1.165) is 12.1 Å². The minimum atomic E-state index is -1.31. The number of hydrogen-bond donors (Lipinski definition) is 2. The lowest BCUT2D eigenvalue weighted by molar-refractivity contribution is 0.0944. The molecular weight excluding hydrogens is 304 g/mol. The van der Waals surface area contributed by atoms with E-state index in [9.17, 15) is 18.4 Å². The first-order chi connectivity index (χ1) is 10.9. The monoisotopic (exact) mass is 315 g/mol. The number of primary amides is 1. The van der Waals surface area contributed by atoms with Gasteiger partial charge >= 0.3 is 0 Å². The Labute approximate surface area is 130 Å². The van der Waals surface area contributed by atoms with E-state index < -0.39 is 29.5 Å². The van der Waals surface area contributed by atoms with Gasteiger partial charge in [0.2, 0.25) is 5.91 Å². The molecule has 23 heavy (non-hydrogen) atoms. The predicted molar refractivity (Wildman–Crippen MR) is 77.1 cm³/mol. The van der Waals surface area contributed by atoms with Crippen LogP contribution in [0.15, 0.2) is 42.5 Å². The quantitative estimate of drug-likeness (QED) is 0.904. The topological polar surface area (TPSA) is 96.0 Å². The van der Waals surface area contributed by atoms with Gasteiger partial charge in [0.25, 0.3) is 5.91 Å². The third-order valence-electron chi connectivity index (χ3n) is 3.09. The molecule has 7 heteroatoms. The van der Waals surface area contributed by atoms with Gasteiger partial charge in [-0.3, -0.25) is 9.59 Å². The number of rotatable bonds is 4. The van der Waals surface area contributed by atoms with E-state index in [1.54, 1.807) is 6.07 Å². The fourth-order valence-corrected chi connectivity index (χ4v) is 1.94. The lowest BCUT2D eigenvalue weighted by Gasteiger charge is -2.13. The minimum absolute atomic E-state index is 0.0871. The van der Waals surface area contributed by atoms with Crippen molar-refractivity contribution in [2.24, 2.45) is 5.73 Å². The largest absolute Gasteiger partial charge is 0.366 e. The summed E-state index contributed by atoms with van der Waals surface area (Å²) in [6, 6.07) is 8.68. The SMILES string of the molecule is N#C[C@H](NC(=O)c1cccc(C(N)=O)c1)c1ccc(F)cc1F. The summed E-state index contributed by atoms with van der Waals surface area (Å²) >= 11 is 0. The van der Waals surface area contributed by atoms with Crippen LogP contribution in [0, 0.1) is 23.0 Å². The predicted octanol–water partition coefficient (Wildman–Crippen LogP) is 2.06. The lowest BCUT2D eigenvalue weighted by Crippen LogP contribution is -2.28. The molecule has 0 aromatic heterocycles. The summed E-state index contributed by atoms with van der Waals surface area (Å²) in [5.74, 6) is -3.13. The van der Waals surface area contributed by atoms with E-state index in [2.05, 4.69) is 5.32 Å². The van der Waals surface area contributed by atoms with Crippen LogP contribution in [0.4, 0.5) is 8.78 Å². The highest BCUT2D eigenvalue weighted by atomic mass is 19.1. The van der Waals surface area contributed by atoms with Crippen LogP contribution in [0.3, 0.4) is 0 Å². The molecule has 2 aromatic rings. The Morgan fingerprint density at radius 1 is 1.13 bits per heavy atom. The summed E-state index contributed by atoms with van der Waals surface area (Å²) in [4.78, 5) is 23.2. The molecule has 0 aliphatic heterocycles. The Hall–Kier alpha value is -3.27. The Morgan fingerprint density at radius 3 is 2.43 bits per heavy atom. The van der Waals surface area contributed by atoms with Crippen LogP contribution in [0.1, 0.15) is 32.3 Å². The number of nitrogens with zero attached hydrogens (tertiary/aromatic N) is 1. The van der Waals surface area contributed by atoms with Crippen molar-refractivity contribution in [1.29, 1.82) is 5.26 Å². The molecule has 0 saturated carbocycles. The van der Waals surface area contributed by atoms with Crippen molar-refractivity contribution in [1.82, 2.24) is 5.32 Å². The standard InChI is InChI=1S/C16H11F2N3O2/c17-11-4-5-12(13(18)7-11)14(8-19)21-16(23)10-3-1-2-9(6-10)15(20)22/h1-7,14H,(H2,20,22)(H,21,23)/t14-/m0/s1. The molecule has 0 aliphatic carbocycles. The van der Waals surface area contributed by atoms with Crippen LogP contribution in [-0.2, 0) is 0 Å². The average Bonchev–Trinajstić information content (AvgIpc) is 2.53. The third kappa shape index (κ3) is 3.68. The van der Waals surface area contributed by atoms with Gasteiger partial charge in [-0.25, -0.2) is 8.78 Å². The van der Waals surface area contributed by atoms with Crippen molar-refractivity contribution in [2.75, 3.05) is 0 Å². The van der Waals surface area contributed by atoms with Gasteiger partial charge in [-0.15, -0.1) is 0 Å². The number of hydrogen-bond acceptors (Lipinski definition) is 3. The molecule has 5 nitrogen and oxygen atoms in total. The number of carbonyl (C=O) groups excluding carboxylic acids is 2. The number of amides is 2. The highest BCUT2D eigenvalue weighted by Crippen LogP contribution is 2.18. The molecule has 0 saturated heterocycles. The van der Waals surface area contributed by atoms with Gasteiger partial charge in [0.15, 0.2) is 0 Å². The molecule has 2 aromatic carbocycles. The number of halogens is 2. The highest BCUT2D eigenvalue weighted by molar-refractivity contribution is 5.99. The van der Waals surface area contributed by atoms with Crippen molar-refractivity contribution in [3.8, 4) is 6.07 Å². The zero-order valence-corrected chi connectivity index (χ0v) is 11.7. The molecule has 3 N–H and O–H groups in total. The average molecular weight is 315 g/mol. The van der Waals surface area contributed by atoms with Crippen molar-refractivity contribution in [3.63, 3.8) is 0 Å². The highest BCUT2D eigenvalue weighted by Gasteiger charge is 2.19. The number of nitriles is 1. The van der Waals surface area contributed by atoms with E-state index in [4.69, 9.17) is 11.0 Å². The van der Waals surface area contributed by atoms with Gasteiger partial charge in [-0.1, -0.05) is 12.1 Å². The molecule has 0 spiro atoms. The fraction of sp³-hybridized carbons (Fsp3) is 0.0625. The van der Waals surface area contributed by atoms with Crippen LogP contribution in [0.2, 0.25) is 0 Å². The van der Waals surface area contributed by atoms with E-state index in [0.29, 0.717) is 6.07 Å². The zero-order chi connectivity index (χ0) is 17.0. The fourth-order valence-electron chi connectivity index (χ4n) is 1.94. The zero-order valence-electron chi connectivity index (χ0n) is 11.7. The van der Waals surface area contributed by atoms with Gasteiger partial charge in [0.1, 0.15) is 17.7 Å². The Kier molecular flexibility index (Phi) is 4.66. The van der Waals surface area contributed by atoms with Crippen LogP contribution in [0.5, 0.6) is 0 Å². The number of benzene rings is 2. The van der Waals surface area contributed by atoms with Crippen molar-refractivity contribution >= 4 is 11.8 Å². The van der Waals surface area contributed by atoms with Gasteiger partial charge < -0.3 is 11.1 Å². The Bertz CT molecular complexity index is 815. The number of carbonyl (C=O) groups is 2. The summed E-state index contributed by atoms with van der Waals surface area (Å²) in [6.45, 7) is 0. The summed E-state index contributed by atoms with van der Waals surface area (Å²) in [5, 5.41) is 11.4. The molecule has 0 fully saturated rings. The van der Waals surface area contributed by atoms with Crippen molar-refractivity contribution < 1.29 is 18.4 Å². The number of nitrogens with one attached hydrogen (secondary N) is 1. The summed E-state index contributed by atoms with van der Waals surface area (Å²) in [7, 11) is 0. The van der Waals surface area contributed by atoms with Gasteiger partial charge in [-0.2, -0.15) is 5.26 Å². The van der Waals surface area contributed by atoms with Crippen LogP contribution in [0.25, 0.3) is 0 Å². The van der Waals surface area contributed by atoms with E-state index in [-0.39, 0.29) is 16.7 Å². The second kappa shape index (κ2) is 6.66. The van der Waals surface area contributed by atoms with Crippen molar-refractivity contribution in [3.05, 3.63) is 70.8 Å². The molecule has 2 rings (SSSR count). The molecule has 116 valence electrons. The molecule has 0 radical (unpaired) electrons. The molecule has 0 aliphatic rings. The normalized spacial score (nSPS) is 11.3. The van der Waals surface area contributed by atoms with E-state index in [1.807, 2.05) is 0 Å². The molecule has 0 heterocycles. The third-order valence-corrected chi connectivity index (χ3v) is 3.09. The molecule has 1 atom stereocenters. The lowest BCUT2D eigenvalue weighted by atomic mass is 10.1. The van der Waals surface area contributed by atoms with Gasteiger partial charge in [0, 0.05) is 22.8 Å². The first kappa shape index (κ1) is 16.1. The summed E-state index contributed by atoms with van der Waals surface area (Å²) in [5.41, 5.74) is 5.18. The maximum atomic E-state index is 13.7. The Balaban J connectivity index is 2.25. The van der Waals surface area contributed by atoms with Crippen LogP contribution >= 0.6 is 0 Å².